The molecule has 0 saturated heterocycles. The molecule has 0 spiro atoms. The van der Waals surface area contributed by atoms with Crippen LogP contribution in [0.5, 0.6) is 11.5 Å². The van der Waals surface area contributed by atoms with Crippen LogP contribution in [0.25, 0.3) is 11.3 Å². The van der Waals surface area contributed by atoms with Crippen LogP contribution < -0.4 is 9.47 Å². The van der Waals surface area contributed by atoms with Crippen molar-refractivity contribution in [3.63, 3.8) is 0 Å². The Kier molecular flexibility index (Phi) is 4.32. The molecule has 0 amide bonds. The predicted molar refractivity (Wildman–Crippen MR) is 78.5 cm³/mol. The maximum atomic E-state index is 5.45. The van der Waals surface area contributed by atoms with E-state index in [4.69, 9.17) is 14.0 Å². The van der Waals surface area contributed by atoms with Crippen molar-refractivity contribution < 1.29 is 14.0 Å². The summed E-state index contributed by atoms with van der Waals surface area (Å²) in [6.45, 7) is 6.31. The Morgan fingerprint density at radius 2 is 1.80 bits per heavy atom. The highest BCUT2D eigenvalue weighted by Gasteiger charge is 2.17. The van der Waals surface area contributed by atoms with Gasteiger partial charge in [-0.2, -0.15) is 0 Å². The third-order valence-corrected chi connectivity index (χ3v) is 3.36. The van der Waals surface area contributed by atoms with E-state index < -0.39 is 0 Å². The van der Waals surface area contributed by atoms with Crippen LogP contribution in [0.4, 0.5) is 0 Å². The lowest BCUT2D eigenvalue weighted by atomic mass is 9.97. The zero-order chi connectivity index (χ0) is 14.7. The number of rotatable bonds is 5. The summed E-state index contributed by atoms with van der Waals surface area (Å²) >= 11 is 0. The second kappa shape index (κ2) is 5.99. The van der Waals surface area contributed by atoms with Crippen LogP contribution in [-0.4, -0.2) is 19.4 Å². The first-order valence-corrected chi connectivity index (χ1v) is 6.82. The summed E-state index contributed by atoms with van der Waals surface area (Å²) in [5.41, 5.74) is 2.96. The van der Waals surface area contributed by atoms with Crippen molar-refractivity contribution >= 4 is 0 Å². The van der Waals surface area contributed by atoms with Crippen molar-refractivity contribution in [2.24, 2.45) is 0 Å². The highest BCUT2D eigenvalue weighted by atomic mass is 16.5. The van der Waals surface area contributed by atoms with E-state index in [-0.39, 0.29) is 0 Å². The molecule has 1 aromatic heterocycles. The molecule has 0 aliphatic carbocycles. The van der Waals surface area contributed by atoms with Crippen molar-refractivity contribution in [3.05, 3.63) is 29.5 Å². The molecule has 1 aromatic carbocycles. The molecule has 0 bridgehead atoms. The lowest BCUT2D eigenvalue weighted by Crippen LogP contribution is -1.97. The molecule has 2 rings (SSSR count). The second-order valence-corrected chi connectivity index (χ2v) is 4.99. The molecule has 0 N–H and O–H groups in total. The Labute approximate surface area is 119 Å². The monoisotopic (exact) mass is 275 g/mol. The minimum atomic E-state index is 0.350. The zero-order valence-electron chi connectivity index (χ0n) is 12.7. The quantitative estimate of drug-likeness (QED) is 0.826. The smallest absolute Gasteiger partial charge is 0.170 e. The number of aromatic nitrogens is 1. The van der Waals surface area contributed by atoms with Crippen LogP contribution in [0.3, 0.4) is 0 Å². The summed E-state index contributed by atoms with van der Waals surface area (Å²) in [5.74, 6) is 2.63. The molecular weight excluding hydrogens is 254 g/mol. The average Bonchev–Trinajstić information content (AvgIpc) is 2.94. The minimum Gasteiger partial charge on any atom is -0.496 e. The molecule has 2 aromatic rings. The minimum absolute atomic E-state index is 0.350. The summed E-state index contributed by atoms with van der Waals surface area (Å²) in [5, 5.41) is 4.04. The second-order valence-electron chi connectivity index (χ2n) is 4.99. The lowest BCUT2D eigenvalue weighted by Gasteiger charge is -2.15. The van der Waals surface area contributed by atoms with Gasteiger partial charge in [-0.3, -0.25) is 0 Å². The van der Waals surface area contributed by atoms with Gasteiger partial charge in [0.25, 0.3) is 0 Å². The summed E-state index contributed by atoms with van der Waals surface area (Å²) < 4.78 is 16.3. The summed E-state index contributed by atoms with van der Waals surface area (Å²) in [7, 11) is 3.31. The fourth-order valence-electron chi connectivity index (χ4n) is 2.17. The molecule has 1 heterocycles. The van der Waals surface area contributed by atoms with Crippen LogP contribution in [0.1, 0.15) is 37.9 Å². The Bertz CT molecular complexity index is 587. The number of hydrogen-bond donors (Lipinski definition) is 0. The van der Waals surface area contributed by atoms with E-state index in [0.29, 0.717) is 5.92 Å². The standard InChI is InChI=1S/C16H21NO3/c1-6-11-7-16(20-17-11)13-8-12(10(2)3)14(18-4)9-15(13)19-5/h7-10H,6H2,1-5H3. The third-order valence-electron chi connectivity index (χ3n) is 3.36. The molecule has 20 heavy (non-hydrogen) atoms. The van der Waals surface area contributed by atoms with Gasteiger partial charge < -0.3 is 14.0 Å². The topological polar surface area (TPSA) is 44.5 Å². The maximum absolute atomic E-state index is 5.45. The molecule has 108 valence electrons. The Morgan fingerprint density at radius 1 is 1.10 bits per heavy atom. The van der Waals surface area contributed by atoms with Crippen LogP contribution >= 0.6 is 0 Å². The first-order valence-electron chi connectivity index (χ1n) is 6.82. The molecule has 0 fully saturated rings. The van der Waals surface area contributed by atoms with Gasteiger partial charge in [-0.15, -0.1) is 0 Å². The summed E-state index contributed by atoms with van der Waals surface area (Å²) in [4.78, 5) is 0. The fraction of sp³-hybridized carbons (Fsp3) is 0.438. The number of ether oxygens (including phenoxy) is 2. The Hall–Kier alpha value is -1.97. The molecule has 0 atom stereocenters. The van der Waals surface area contributed by atoms with Gasteiger partial charge in [-0.05, 0) is 24.0 Å². The van der Waals surface area contributed by atoms with E-state index in [0.717, 1.165) is 40.5 Å². The molecule has 0 radical (unpaired) electrons. The van der Waals surface area contributed by atoms with E-state index >= 15 is 0 Å². The maximum Gasteiger partial charge on any atom is 0.170 e. The number of hydrogen-bond acceptors (Lipinski definition) is 4. The predicted octanol–water partition coefficient (Wildman–Crippen LogP) is 4.04. The van der Waals surface area contributed by atoms with Gasteiger partial charge in [0.05, 0.1) is 25.5 Å². The van der Waals surface area contributed by atoms with Gasteiger partial charge in [0.2, 0.25) is 0 Å². The molecule has 0 aliphatic heterocycles. The zero-order valence-corrected chi connectivity index (χ0v) is 12.7. The van der Waals surface area contributed by atoms with Crippen molar-refractivity contribution in [2.75, 3.05) is 14.2 Å². The van der Waals surface area contributed by atoms with Crippen LogP contribution in [0.15, 0.2) is 22.7 Å². The van der Waals surface area contributed by atoms with Gasteiger partial charge in [0, 0.05) is 12.1 Å². The fourth-order valence-corrected chi connectivity index (χ4v) is 2.17. The van der Waals surface area contributed by atoms with Crippen LogP contribution in [-0.2, 0) is 6.42 Å². The van der Waals surface area contributed by atoms with E-state index in [2.05, 4.69) is 25.1 Å². The van der Waals surface area contributed by atoms with Crippen molar-refractivity contribution in [2.45, 2.75) is 33.1 Å². The molecule has 0 unspecified atom stereocenters. The van der Waals surface area contributed by atoms with Crippen molar-refractivity contribution in [1.82, 2.24) is 5.16 Å². The molecule has 4 heteroatoms. The van der Waals surface area contributed by atoms with Gasteiger partial charge in [0.1, 0.15) is 11.5 Å². The van der Waals surface area contributed by atoms with E-state index in [1.54, 1.807) is 14.2 Å². The van der Waals surface area contributed by atoms with Gasteiger partial charge in [0.15, 0.2) is 5.76 Å². The normalized spacial score (nSPS) is 10.9. The summed E-state index contributed by atoms with van der Waals surface area (Å²) in [6, 6.07) is 5.91. The van der Waals surface area contributed by atoms with Crippen LogP contribution in [0, 0.1) is 0 Å². The number of methoxy groups -OCH3 is 2. The van der Waals surface area contributed by atoms with Crippen LogP contribution in [0.2, 0.25) is 0 Å². The van der Waals surface area contributed by atoms with Gasteiger partial charge in [-0.25, -0.2) is 0 Å². The number of aryl methyl sites for hydroxylation is 1. The number of benzene rings is 1. The largest absolute Gasteiger partial charge is 0.496 e. The molecule has 0 saturated carbocycles. The van der Waals surface area contributed by atoms with Crippen molar-refractivity contribution in [3.8, 4) is 22.8 Å². The first-order chi connectivity index (χ1) is 9.60. The lowest BCUT2D eigenvalue weighted by molar-refractivity contribution is 0.386. The molecule has 4 nitrogen and oxygen atoms in total. The first kappa shape index (κ1) is 14.4. The molecule has 0 aliphatic rings. The Balaban J connectivity index is 2.58. The highest BCUT2D eigenvalue weighted by molar-refractivity contribution is 5.69. The third kappa shape index (κ3) is 2.64. The SMILES string of the molecule is CCc1cc(-c2cc(C(C)C)c(OC)cc2OC)on1. The summed E-state index contributed by atoms with van der Waals surface area (Å²) in [6.07, 6.45) is 0.846. The number of nitrogens with zero attached hydrogens (tertiary/aromatic N) is 1. The average molecular weight is 275 g/mol. The molecular formula is C16H21NO3. The van der Waals surface area contributed by atoms with E-state index in [1.165, 1.54) is 0 Å². The van der Waals surface area contributed by atoms with Gasteiger partial charge in [-0.1, -0.05) is 25.9 Å². The van der Waals surface area contributed by atoms with E-state index in [9.17, 15) is 0 Å². The Morgan fingerprint density at radius 3 is 2.30 bits per heavy atom. The highest BCUT2D eigenvalue weighted by Crippen LogP contribution is 2.39. The van der Waals surface area contributed by atoms with E-state index in [1.807, 2.05) is 19.1 Å². The van der Waals surface area contributed by atoms with Gasteiger partial charge >= 0.3 is 0 Å². The van der Waals surface area contributed by atoms with Crippen molar-refractivity contribution in [1.29, 1.82) is 0 Å².